The molecule has 0 aliphatic heterocycles. The van der Waals surface area contributed by atoms with Gasteiger partial charge < -0.3 is 4.42 Å². The third kappa shape index (κ3) is 4.35. The van der Waals surface area contributed by atoms with E-state index in [9.17, 15) is 14.9 Å². The molecular weight excluding hydrogens is 348 g/mol. The Morgan fingerprint density at radius 3 is 2.80 bits per heavy atom. The summed E-state index contributed by atoms with van der Waals surface area (Å²) >= 11 is 1.03. The van der Waals surface area contributed by atoms with Crippen LogP contribution in [0.15, 0.2) is 52.4 Å². The van der Waals surface area contributed by atoms with Crippen LogP contribution >= 0.6 is 11.8 Å². The minimum absolute atomic E-state index is 0.0226. The minimum Gasteiger partial charge on any atom is -0.411 e. The molecule has 0 radical (unpaired) electrons. The summed E-state index contributed by atoms with van der Waals surface area (Å²) in [6.45, 7) is 0. The van der Waals surface area contributed by atoms with Crippen molar-refractivity contribution in [3.8, 4) is 11.5 Å². The van der Waals surface area contributed by atoms with Crippen LogP contribution in [0.1, 0.15) is 0 Å². The maximum absolute atomic E-state index is 11.8. The molecule has 2 aromatic heterocycles. The number of thioether (sulfide) groups is 1. The number of aromatic nitrogens is 4. The molecule has 0 saturated carbocycles. The molecule has 0 aliphatic carbocycles. The molecule has 25 heavy (non-hydrogen) atoms. The number of anilines is 1. The average Bonchev–Trinajstić information content (AvgIpc) is 3.10. The van der Waals surface area contributed by atoms with Gasteiger partial charge in [-0.2, -0.15) is 0 Å². The van der Waals surface area contributed by atoms with Crippen molar-refractivity contribution < 1.29 is 14.1 Å². The second-order valence-electron chi connectivity index (χ2n) is 4.59. The lowest BCUT2D eigenvalue weighted by molar-refractivity contribution is -0.384. The van der Waals surface area contributed by atoms with Crippen molar-refractivity contribution in [1.82, 2.24) is 20.2 Å². The number of hydrogen-bond donors (Lipinski definition) is 1. The first-order valence-electron chi connectivity index (χ1n) is 6.90. The average molecular weight is 358 g/mol. The van der Waals surface area contributed by atoms with Gasteiger partial charge >= 0.3 is 0 Å². The number of benzene rings is 1. The summed E-state index contributed by atoms with van der Waals surface area (Å²) in [4.78, 5) is 29.9. The Bertz CT molecular complexity index is 901. The molecule has 126 valence electrons. The number of non-ortho nitro benzene ring substituents is 1. The molecule has 11 heteroatoms. The Hall–Kier alpha value is -3.34. The SMILES string of the molecule is O=C(CSc1nnc(-c2cccc([N+](=O)[O-])c2)o1)Nc1ncccn1. The predicted octanol–water partition coefficient (Wildman–Crippen LogP) is 2.17. The molecular formula is C14H10N6O4S. The van der Waals surface area contributed by atoms with Crippen LogP contribution in [0.5, 0.6) is 0 Å². The van der Waals surface area contributed by atoms with E-state index in [1.807, 2.05) is 0 Å². The molecule has 0 bridgehead atoms. The van der Waals surface area contributed by atoms with E-state index in [1.165, 1.54) is 30.6 Å². The van der Waals surface area contributed by atoms with E-state index in [1.54, 1.807) is 12.1 Å². The van der Waals surface area contributed by atoms with Crippen LogP contribution in [-0.4, -0.2) is 36.7 Å². The van der Waals surface area contributed by atoms with Gasteiger partial charge in [-0.05, 0) is 12.1 Å². The summed E-state index contributed by atoms with van der Waals surface area (Å²) < 4.78 is 5.41. The first kappa shape index (κ1) is 16.5. The lowest BCUT2D eigenvalue weighted by Gasteiger charge is -2.00. The predicted molar refractivity (Wildman–Crippen MR) is 87.8 cm³/mol. The first-order valence-corrected chi connectivity index (χ1v) is 7.88. The standard InChI is InChI=1S/C14H10N6O4S/c21-11(17-13-15-5-2-6-16-13)8-25-14-19-18-12(24-14)9-3-1-4-10(7-9)20(22)23/h1-7H,8H2,(H,15,16,17,21). The fourth-order valence-corrected chi connectivity index (χ4v) is 2.35. The third-order valence-corrected chi connectivity index (χ3v) is 3.67. The fraction of sp³-hybridized carbons (Fsp3) is 0.0714. The number of hydrogen-bond acceptors (Lipinski definition) is 9. The van der Waals surface area contributed by atoms with Crippen LogP contribution in [0.25, 0.3) is 11.5 Å². The van der Waals surface area contributed by atoms with E-state index >= 15 is 0 Å². The molecule has 10 nitrogen and oxygen atoms in total. The van der Waals surface area contributed by atoms with Gasteiger partial charge in [0.1, 0.15) is 0 Å². The van der Waals surface area contributed by atoms with E-state index in [2.05, 4.69) is 25.5 Å². The second kappa shape index (κ2) is 7.49. The highest BCUT2D eigenvalue weighted by atomic mass is 32.2. The maximum Gasteiger partial charge on any atom is 0.277 e. The summed E-state index contributed by atoms with van der Waals surface area (Å²) in [5.74, 6) is 0.0367. The summed E-state index contributed by atoms with van der Waals surface area (Å²) in [5.41, 5.74) is 0.350. The van der Waals surface area contributed by atoms with Crippen LogP contribution in [0.4, 0.5) is 11.6 Å². The Balaban J connectivity index is 1.61. The van der Waals surface area contributed by atoms with Crippen LogP contribution in [-0.2, 0) is 4.79 Å². The molecule has 0 fully saturated rings. The van der Waals surface area contributed by atoms with Gasteiger partial charge in [0, 0.05) is 30.1 Å². The van der Waals surface area contributed by atoms with Crippen molar-refractivity contribution in [3.05, 3.63) is 52.8 Å². The molecule has 0 spiro atoms. The molecule has 3 rings (SSSR count). The summed E-state index contributed by atoms with van der Waals surface area (Å²) in [6.07, 6.45) is 3.03. The van der Waals surface area contributed by atoms with Crippen LogP contribution in [0, 0.1) is 10.1 Å². The fourth-order valence-electron chi connectivity index (χ4n) is 1.79. The monoisotopic (exact) mass is 358 g/mol. The second-order valence-corrected chi connectivity index (χ2v) is 5.52. The maximum atomic E-state index is 11.8. The van der Waals surface area contributed by atoms with Crippen molar-refractivity contribution in [1.29, 1.82) is 0 Å². The molecule has 3 aromatic rings. The smallest absolute Gasteiger partial charge is 0.277 e. The summed E-state index contributed by atoms with van der Waals surface area (Å²) in [6, 6.07) is 7.48. The number of rotatable bonds is 6. The Kier molecular flexibility index (Phi) is 4.95. The highest BCUT2D eigenvalue weighted by molar-refractivity contribution is 7.99. The van der Waals surface area contributed by atoms with Gasteiger partial charge in [-0.3, -0.25) is 20.2 Å². The number of nitro benzene ring substituents is 1. The Morgan fingerprint density at radius 1 is 1.24 bits per heavy atom. The van der Waals surface area contributed by atoms with Crippen molar-refractivity contribution in [2.45, 2.75) is 5.22 Å². The molecule has 2 heterocycles. The van der Waals surface area contributed by atoms with Crippen molar-refractivity contribution in [3.63, 3.8) is 0 Å². The summed E-state index contributed by atoms with van der Waals surface area (Å²) in [7, 11) is 0. The van der Waals surface area contributed by atoms with Crippen LogP contribution in [0.3, 0.4) is 0 Å². The molecule has 1 aromatic carbocycles. The van der Waals surface area contributed by atoms with Gasteiger partial charge in [0.25, 0.3) is 10.9 Å². The first-order chi connectivity index (χ1) is 12.1. The molecule has 0 saturated heterocycles. The zero-order valence-electron chi connectivity index (χ0n) is 12.5. The van der Waals surface area contributed by atoms with Gasteiger partial charge in [-0.25, -0.2) is 9.97 Å². The lowest BCUT2D eigenvalue weighted by atomic mass is 10.2. The number of nitrogens with zero attached hydrogens (tertiary/aromatic N) is 5. The van der Waals surface area contributed by atoms with E-state index in [4.69, 9.17) is 4.42 Å². The van der Waals surface area contributed by atoms with Gasteiger partial charge in [0.2, 0.25) is 17.7 Å². The van der Waals surface area contributed by atoms with Crippen LogP contribution in [0.2, 0.25) is 0 Å². The normalized spacial score (nSPS) is 10.4. The van der Waals surface area contributed by atoms with Crippen molar-refractivity contribution in [2.75, 3.05) is 11.1 Å². The zero-order valence-corrected chi connectivity index (χ0v) is 13.3. The van der Waals surface area contributed by atoms with E-state index < -0.39 is 4.92 Å². The quantitative estimate of drug-likeness (QED) is 0.399. The number of carbonyl (C=O) groups is 1. The topological polar surface area (TPSA) is 137 Å². The van der Waals surface area contributed by atoms with Crippen molar-refractivity contribution in [2.24, 2.45) is 0 Å². The highest BCUT2D eigenvalue weighted by Gasteiger charge is 2.14. The lowest BCUT2D eigenvalue weighted by Crippen LogP contribution is -2.15. The largest absolute Gasteiger partial charge is 0.411 e. The molecule has 0 atom stereocenters. The van der Waals surface area contributed by atoms with E-state index in [-0.39, 0.29) is 34.4 Å². The minimum atomic E-state index is -0.508. The van der Waals surface area contributed by atoms with E-state index in [0.717, 1.165) is 11.8 Å². The molecule has 1 amide bonds. The Morgan fingerprint density at radius 2 is 2.04 bits per heavy atom. The van der Waals surface area contributed by atoms with Crippen LogP contribution < -0.4 is 5.32 Å². The van der Waals surface area contributed by atoms with Gasteiger partial charge in [-0.1, -0.05) is 17.8 Å². The molecule has 1 N–H and O–H groups in total. The zero-order chi connectivity index (χ0) is 17.6. The number of nitro groups is 1. The Labute approximate surface area is 144 Å². The third-order valence-electron chi connectivity index (χ3n) is 2.85. The number of carbonyl (C=O) groups excluding carboxylic acids is 1. The molecule has 0 aliphatic rings. The van der Waals surface area contributed by atoms with Gasteiger partial charge in [0.15, 0.2) is 0 Å². The van der Waals surface area contributed by atoms with E-state index in [0.29, 0.717) is 5.56 Å². The van der Waals surface area contributed by atoms with Crippen molar-refractivity contribution >= 4 is 29.3 Å². The number of nitrogens with one attached hydrogen (secondary N) is 1. The summed E-state index contributed by atoms with van der Waals surface area (Å²) in [5, 5.41) is 21.1. The van der Waals surface area contributed by atoms with Gasteiger partial charge in [-0.15, -0.1) is 10.2 Å². The number of amides is 1. The molecule has 0 unspecified atom stereocenters. The van der Waals surface area contributed by atoms with Gasteiger partial charge in [0.05, 0.1) is 10.7 Å². The highest BCUT2D eigenvalue weighted by Crippen LogP contribution is 2.25.